The molecule has 112 valence electrons. The van der Waals surface area contributed by atoms with Gasteiger partial charge in [-0.05, 0) is 71.5 Å². The van der Waals surface area contributed by atoms with E-state index in [-0.39, 0.29) is 0 Å². The van der Waals surface area contributed by atoms with Crippen LogP contribution < -0.4 is 0 Å². The smallest absolute Gasteiger partial charge is 0.0210 e. The van der Waals surface area contributed by atoms with E-state index in [1.165, 1.54) is 32.5 Å². The first-order valence-corrected chi connectivity index (χ1v) is 8.19. The lowest BCUT2D eigenvalue weighted by Gasteiger charge is -2.41. The van der Waals surface area contributed by atoms with Crippen LogP contribution in [0.25, 0.3) is 0 Å². The van der Waals surface area contributed by atoms with Crippen molar-refractivity contribution in [2.45, 2.75) is 65.5 Å². The highest BCUT2D eigenvalue weighted by atomic mass is 15.2. The summed E-state index contributed by atoms with van der Waals surface area (Å²) in [5.41, 5.74) is 0.787. The van der Waals surface area contributed by atoms with Crippen molar-refractivity contribution >= 4 is 0 Å². The molecule has 2 unspecified atom stereocenters. The molecule has 0 aromatic heterocycles. The summed E-state index contributed by atoms with van der Waals surface area (Å²) in [5, 5.41) is 0. The minimum atomic E-state index is 0.361. The molecule has 2 aliphatic heterocycles. The van der Waals surface area contributed by atoms with Crippen molar-refractivity contribution in [3.63, 3.8) is 0 Å². The second-order valence-corrected chi connectivity index (χ2v) is 7.91. The second-order valence-electron chi connectivity index (χ2n) is 7.91. The van der Waals surface area contributed by atoms with Gasteiger partial charge in [0.15, 0.2) is 0 Å². The molecule has 2 fully saturated rings. The maximum atomic E-state index is 2.73. The molecule has 0 bridgehead atoms. The summed E-state index contributed by atoms with van der Waals surface area (Å²) >= 11 is 0. The number of hydrogen-bond donors (Lipinski definition) is 0. The monoisotopic (exact) mass is 266 g/mol. The molecule has 2 heterocycles. The second kappa shape index (κ2) is 5.04. The third-order valence-electron chi connectivity index (χ3n) is 6.99. The molecule has 2 nitrogen and oxygen atoms in total. The molecule has 0 aliphatic carbocycles. The standard InChI is InChI=1S/C17H34N2/c1-8-19-10-9-13(2)17(19,6)11-15-12-18(7)16(4,5)14(15)3/h13-15H,8-12H2,1-7H3/t13-,14+,15?,17?/m0/s1. The zero-order valence-corrected chi connectivity index (χ0v) is 14.2. The number of nitrogens with zero attached hydrogens (tertiary/aromatic N) is 2. The van der Waals surface area contributed by atoms with Gasteiger partial charge >= 0.3 is 0 Å². The summed E-state index contributed by atoms with van der Waals surface area (Å²) in [6.07, 6.45) is 2.75. The Morgan fingerprint density at radius 2 is 1.79 bits per heavy atom. The van der Waals surface area contributed by atoms with Gasteiger partial charge in [-0.25, -0.2) is 0 Å². The minimum absolute atomic E-state index is 0.361. The first kappa shape index (κ1) is 15.3. The van der Waals surface area contributed by atoms with Crippen LogP contribution in [0.1, 0.15) is 54.4 Å². The number of hydrogen-bond acceptors (Lipinski definition) is 2. The molecule has 2 saturated heterocycles. The molecule has 0 N–H and O–H groups in total. The van der Waals surface area contributed by atoms with Gasteiger partial charge in [-0.15, -0.1) is 0 Å². The van der Waals surface area contributed by atoms with Gasteiger partial charge in [0.1, 0.15) is 0 Å². The Labute approximate surface area is 120 Å². The van der Waals surface area contributed by atoms with E-state index in [1.54, 1.807) is 0 Å². The van der Waals surface area contributed by atoms with Crippen molar-refractivity contribution in [3.05, 3.63) is 0 Å². The quantitative estimate of drug-likeness (QED) is 0.772. The zero-order valence-electron chi connectivity index (χ0n) is 14.2. The van der Waals surface area contributed by atoms with E-state index in [9.17, 15) is 0 Å². The zero-order chi connectivity index (χ0) is 14.4. The van der Waals surface area contributed by atoms with Crippen molar-refractivity contribution in [1.29, 1.82) is 0 Å². The summed E-state index contributed by atoms with van der Waals surface area (Å²) in [6, 6.07) is 0. The predicted octanol–water partition coefficient (Wildman–Crippen LogP) is 3.47. The molecule has 0 aromatic carbocycles. The van der Waals surface area contributed by atoms with Gasteiger partial charge in [0.25, 0.3) is 0 Å². The van der Waals surface area contributed by atoms with E-state index in [1.807, 2.05) is 0 Å². The van der Waals surface area contributed by atoms with Crippen LogP contribution in [0.4, 0.5) is 0 Å². The van der Waals surface area contributed by atoms with E-state index in [0.717, 1.165) is 17.8 Å². The molecular weight excluding hydrogens is 232 g/mol. The summed E-state index contributed by atoms with van der Waals surface area (Å²) in [7, 11) is 2.30. The maximum Gasteiger partial charge on any atom is 0.0210 e. The third-order valence-corrected chi connectivity index (χ3v) is 6.99. The molecule has 2 rings (SSSR count). The van der Waals surface area contributed by atoms with Gasteiger partial charge in [0, 0.05) is 17.6 Å². The molecule has 19 heavy (non-hydrogen) atoms. The van der Waals surface area contributed by atoms with E-state index < -0.39 is 0 Å². The van der Waals surface area contributed by atoms with E-state index >= 15 is 0 Å². The fraction of sp³-hybridized carbons (Fsp3) is 1.00. The van der Waals surface area contributed by atoms with E-state index in [0.29, 0.717) is 11.1 Å². The molecular formula is C17H34N2. The Balaban J connectivity index is 2.13. The van der Waals surface area contributed by atoms with Crippen molar-refractivity contribution in [2.24, 2.45) is 17.8 Å². The average Bonchev–Trinajstić information content (AvgIpc) is 2.72. The molecule has 0 spiro atoms. The first-order valence-electron chi connectivity index (χ1n) is 8.19. The highest BCUT2D eigenvalue weighted by Gasteiger charge is 2.49. The Kier molecular flexibility index (Phi) is 4.06. The van der Waals surface area contributed by atoms with Crippen LogP contribution in [0.15, 0.2) is 0 Å². The molecule has 0 radical (unpaired) electrons. The van der Waals surface area contributed by atoms with Gasteiger partial charge in [0.2, 0.25) is 0 Å². The van der Waals surface area contributed by atoms with Gasteiger partial charge < -0.3 is 4.90 Å². The molecule has 0 amide bonds. The summed E-state index contributed by atoms with van der Waals surface area (Å²) in [6.45, 7) is 18.4. The Morgan fingerprint density at radius 1 is 1.16 bits per heavy atom. The normalized spacial score (nSPS) is 44.1. The fourth-order valence-electron chi connectivity index (χ4n) is 4.52. The van der Waals surface area contributed by atoms with Crippen LogP contribution in [0.5, 0.6) is 0 Å². The summed E-state index contributed by atoms with van der Waals surface area (Å²) in [5.74, 6) is 2.48. The lowest BCUT2D eigenvalue weighted by atomic mass is 9.74. The highest BCUT2D eigenvalue weighted by molar-refractivity contribution is 5.03. The van der Waals surface area contributed by atoms with Gasteiger partial charge in [-0.1, -0.05) is 20.8 Å². The lowest BCUT2D eigenvalue weighted by Crippen LogP contribution is -2.47. The molecule has 2 aliphatic rings. The van der Waals surface area contributed by atoms with Crippen LogP contribution in [0, 0.1) is 17.8 Å². The Hall–Kier alpha value is -0.0800. The third kappa shape index (κ3) is 2.35. The molecule has 4 atom stereocenters. The van der Waals surface area contributed by atoms with E-state index in [4.69, 9.17) is 0 Å². The molecule has 0 saturated carbocycles. The lowest BCUT2D eigenvalue weighted by molar-refractivity contribution is 0.0911. The largest absolute Gasteiger partial charge is 0.301 e. The SMILES string of the molecule is CCN1CC[C@H](C)C1(C)CC1CN(C)C(C)(C)[C@@H]1C. The van der Waals surface area contributed by atoms with Crippen LogP contribution in [-0.2, 0) is 0 Å². The number of rotatable bonds is 3. The average molecular weight is 266 g/mol. The summed E-state index contributed by atoms with van der Waals surface area (Å²) in [4.78, 5) is 5.30. The van der Waals surface area contributed by atoms with Gasteiger partial charge in [-0.2, -0.15) is 0 Å². The fourth-order valence-corrected chi connectivity index (χ4v) is 4.52. The van der Waals surface area contributed by atoms with Crippen molar-refractivity contribution in [2.75, 3.05) is 26.7 Å². The van der Waals surface area contributed by atoms with Crippen LogP contribution >= 0.6 is 0 Å². The maximum absolute atomic E-state index is 2.73. The van der Waals surface area contributed by atoms with Crippen LogP contribution in [-0.4, -0.2) is 47.6 Å². The van der Waals surface area contributed by atoms with E-state index in [2.05, 4.69) is 58.4 Å². The topological polar surface area (TPSA) is 6.48 Å². The number of likely N-dealkylation sites (tertiary alicyclic amines) is 2. The molecule has 0 aromatic rings. The van der Waals surface area contributed by atoms with Crippen molar-refractivity contribution in [1.82, 2.24) is 9.80 Å². The van der Waals surface area contributed by atoms with Crippen LogP contribution in [0.2, 0.25) is 0 Å². The highest BCUT2D eigenvalue weighted by Crippen LogP contribution is 2.46. The Morgan fingerprint density at radius 3 is 2.26 bits per heavy atom. The minimum Gasteiger partial charge on any atom is -0.301 e. The van der Waals surface area contributed by atoms with Crippen molar-refractivity contribution < 1.29 is 0 Å². The van der Waals surface area contributed by atoms with Gasteiger partial charge in [-0.3, -0.25) is 4.90 Å². The summed E-state index contributed by atoms with van der Waals surface area (Å²) < 4.78 is 0. The molecule has 2 heteroatoms. The van der Waals surface area contributed by atoms with Crippen LogP contribution in [0.3, 0.4) is 0 Å². The van der Waals surface area contributed by atoms with Crippen molar-refractivity contribution in [3.8, 4) is 0 Å². The Bertz CT molecular complexity index is 325. The first-order chi connectivity index (χ1) is 8.73. The van der Waals surface area contributed by atoms with Gasteiger partial charge in [0.05, 0.1) is 0 Å². The predicted molar refractivity (Wildman–Crippen MR) is 83.4 cm³/mol.